The molecule has 138 valence electrons. The summed E-state index contributed by atoms with van der Waals surface area (Å²) >= 11 is 1.91. The second kappa shape index (κ2) is 7.88. The molecule has 6 heteroatoms. The molecule has 3 heterocycles. The summed E-state index contributed by atoms with van der Waals surface area (Å²) in [4.78, 5) is 6.23. The molecule has 0 fully saturated rings. The van der Waals surface area contributed by atoms with Crippen LogP contribution in [0.25, 0.3) is 10.1 Å². The monoisotopic (exact) mass is 370 g/mol. The lowest BCUT2D eigenvalue weighted by atomic mass is 10.2. The number of thiophene rings is 1. The van der Waals surface area contributed by atoms with Crippen molar-refractivity contribution >= 4 is 21.4 Å². The van der Waals surface area contributed by atoms with Crippen LogP contribution in [0.3, 0.4) is 0 Å². The Hall–Kier alpha value is -1.73. The maximum atomic E-state index is 5.15. The first kappa shape index (κ1) is 17.7. The van der Waals surface area contributed by atoms with Crippen LogP contribution < -0.4 is 0 Å². The number of rotatable bonds is 7. The van der Waals surface area contributed by atoms with Crippen LogP contribution in [-0.4, -0.2) is 53.4 Å². The van der Waals surface area contributed by atoms with E-state index in [4.69, 9.17) is 9.84 Å². The average molecular weight is 371 g/mol. The molecule has 0 radical (unpaired) electrons. The van der Waals surface area contributed by atoms with E-state index in [9.17, 15) is 0 Å². The quantitative estimate of drug-likeness (QED) is 0.640. The van der Waals surface area contributed by atoms with E-state index in [-0.39, 0.29) is 0 Å². The topological polar surface area (TPSA) is 33.5 Å². The number of hydrogen-bond acceptors (Lipinski definition) is 5. The van der Waals surface area contributed by atoms with Gasteiger partial charge in [-0.05, 0) is 30.6 Å². The van der Waals surface area contributed by atoms with Crippen LogP contribution in [0.2, 0.25) is 0 Å². The van der Waals surface area contributed by atoms with Gasteiger partial charge < -0.3 is 4.74 Å². The fourth-order valence-corrected chi connectivity index (χ4v) is 4.64. The third kappa shape index (κ3) is 3.99. The molecule has 0 aliphatic carbocycles. The summed E-state index contributed by atoms with van der Waals surface area (Å²) in [6.45, 7) is 6.59. The molecule has 0 atom stereocenters. The standard InChI is InChI=1S/C20H26N4OS/c1-22(9-10-25-2)13-17-12-18-14-23(7-8-24(18)21-17)15-19-11-16-5-3-4-6-20(16)26-19/h3-6,11-12H,7-10,13-15H2,1-2H3. The van der Waals surface area contributed by atoms with Gasteiger partial charge in [-0.1, -0.05) is 18.2 Å². The minimum Gasteiger partial charge on any atom is -0.383 e. The molecule has 0 N–H and O–H groups in total. The predicted octanol–water partition coefficient (Wildman–Crippen LogP) is 3.19. The van der Waals surface area contributed by atoms with E-state index in [1.807, 2.05) is 11.3 Å². The molecule has 1 aromatic carbocycles. The fourth-order valence-electron chi connectivity index (χ4n) is 3.53. The molecule has 2 aromatic heterocycles. The van der Waals surface area contributed by atoms with Crippen LogP contribution in [0, 0.1) is 0 Å². The Morgan fingerprint density at radius 2 is 2.12 bits per heavy atom. The molecule has 0 saturated heterocycles. The predicted molar refractivity (Wildman–Crippen MR) is 106 cm³/mol. The average Bonchev–Trinajstić information content (AvgIpc) is 3.22. The van der Waals surface area contributed by atoms with Gasteiger partial charge in [-0.2, -0.15) is 5.10 Å². The smallest absolute Gasteiger partial charge is 0.0768 e. The van der Waals surface area contributed by atoms with Crippen molar-refractivity contribution in [2.75, 3.05) is 33.9 Å². The summed E-state index contributed by atoms with van der Waals surface area (Å²) in [6.07, 6.45) is 0. The maximum absolute atomic E-state index is 5.15. The summed E-state index contributed by atoms with van der Waals surface area (Å²) in [5.41, 5.74) is 2.48. The minimum absolute atomic E-state index is 0.757. The molecule has 3 aromatic rings. The van der Waals surface area contributed by atoms with Crippen LogP contribution in [0.4, 0.5) is 0 Å². The molecule has 0 unspecified atom stereocenters. The van der Waals surface area contributed by atoms with Crippen molar-refractivity contribution in [3.05, 3.63) is 52.7 Å². The Morgan fingerprint density at radius 1 is 1.23 bits per heavy atom. The van der Waals surface area contributed by atoms with E-state index < -0.39 is 0 Å². The molecule has 26 heavy (non-hydrogen) atoms. The van der Waals surface area contributed by atoms with E-state index >= 15 is 0 Å². The summed E-state index contributed by atoms with van der Waals surface area (Å²) in [7, 11) is 3.86. The van der Waals surface area contributed by atoms with E-state index in [1.165, 1.54) is 20.7 Å². The van der Waals surface area contributed by atoms with Crippen molar-refractivity contribution in [1.82, 2.24) is 19.6 Å². The van der Waals surface area contributed by atoms with E-state index in [0.29, 0.717) is 0 Å². The van der Waals surface area contributed by atoms with Crippen molar-refractivity contribution in [3.63, 3.8) is 0 Å². The van der Waals surface area contributed by atoms with E-state index in [0.717, 1.165) is 51.6 Å². The molecular weight excluding hydrogens is 344 g/mol. The van der Waals surface area contributed by atoms with Crippen LogP contribution in [0.1, 0.15) is 16.3 Å². The normalized spacial score (nSPS) is 15.0. The highest BCUT2D eigenvalue weighted by atomic mass is 32.1. The molecule has 1 aliphatic rings. The SMILES string of the molecule is COCCN(C)Cc1cc2n(n1)CCN(Cc1cc3ccccc3s1)C2. The molecule has 0 spiro atoms. The number of ether oxygens (including phenoxy) is 1. The number of likely N-dealkylation sites (N-methyl/N-ethyl adjacent to an activating group) is 1. The van der Waals surface area contributed by atoms with Gasteiger partial charge in [0.1, 0.15) is 0 Å². The minimum atomic E-state index is 0.757. The zero-order chi connectivity index (χ0) is 17.9. The molecule has 5 nitrogen and oxygen atoms in total. The van der Waals surface area contributed by atoms with Gasteiger partial charge in [0.25, 0.3) is 0 Å². The van der Waals surface area contributed by atoms with Crippen molar-refractivity contribution in [2.45, 2.75) is 26.2 Å². The largest absolute Gasteiger partial charge is 0.383 e. The number of benzene rings is 1. The van der Waals surface area contributed by atoms with Gasteiger partial charge in [-0.3, -0.25) is 14.5 Å². The molecule has 1 aliphatic heterocycles. The van der Waals surface area contributed by atoms with Crippen molar-refractivity contribution in [3.8, 4) is 0 Å². The first-order chi connectivity index (χ1) is 12.7. The van der Waals surface area contributed by atoms with E-state index in [2.05, 4.69) is 57.9 Å². The van der Waals surface area contributed by atoms with Crippen LogP contribution >= 0.6 is 11.3 Å². The molecule has 0 saturated carbocycles. The number of aromatic nitrogens is 2. The number of methoxy groups -OCH3 is 1. The lowest BCUT2D eigenvalue weighted by Gasteiger charge is -2.26. The third-order valence-corrected chi connectivity index (χ3v) is 5.99. The molecule has 4 rings (SSSR count). The van der Waals surface area contributed by atoms with Gasteiger partial charge in [0.05, 0.1) is 24.5 Å². The van der Waals surface area contributed by atoms with Gasteiger partial charge in [-0.15, -0.1) is 11.3 Å². The summed E-state index contributed by atoms with van der Waals surface area (Å²) in [5.74, 6) is 0. The van der Waals surface area contributed by atoms with Crippen LogP contribution in [0.5, 0.6) is 0 Å². The van der Waals surface area contributed by atoms with Gasteiger partial charge >= 0.3 is 0 Å². The fraction of sp³-hybridized carbons (Fsp3) is 0.450. The number of nitrogens with zero attached hydrogens (tertiary/aromatic N) is 4. The maximum Gasteiger partial charge on any atom is 0.0768 e. The highest BCUT2D eigenvalue weighted by Crippen LogP contribution is 2.27. The van der Waals surface area contributed by atoms with Crippen LogP contribution in [-0.2, 0) is 30.9 Å². The zero-order valence-corrected chi connectivity index (χ0v) is 16.3. The molecule has 0 bridgehead atoms. The summed E-state index contributed by atoms with van der Waals surface area (Å²) in [6, 6.07) is 13.2. The third-order valence-electron chi connectivity index (χ3n) is 4.89. The van der Waals surface area contributed by atoms with Crippen molar-refractivity contribution < 1.29 is 4.74 Å². The number of hydrogen-bond donors (Lipinski definition) is 0. The second-order valence-electron chi connectivity index (χ2n) is 7.04. The lowest BCUT2D eigenvalue weighted by Crippen LogP contribution is -2.33. The number of fused-ring (bicyclic) bond motifs is 2. The Bertz CT molecular complexity index is 839. The summed E-state index contributed by atoms with van der Waals surface area (Å²) < 4.78 is 8.71. The molecular formula is C20H26N4OS. The Balaban J connectivity index is 1.39. The van der Waals surface area contributed by atoms with Gasteiger partial charge in [0, 0.05) is 49.4 Å². The first-order valence-electron chi connectivity index (χ1n) is 9.14. The zero-order valence-electron chi connectivity index (χ0n) is 15.5. The molecule has 0 amide bonds. The highest BCUT2D eigenvalue weighted by Gasteiger charge is 2.19. The Labute approximate surface area is 158 Å². The van der Waals surface area contributed by atoms with Crippen molar-refractivity contribution in [1.29, 1.82) is 0 Å². The first-order valence-corrected chi connectivity index (χ1v) is 9.96. The second-order valence-corrected chi connectivity index (χ2v) is 8.21. The van der Waals surface area contributed by atoms with Crippen LogP contribution in [0.15, 0.2) is 36.4 Å². The lowest BCUT2D eigenvalue weighted by molar-refractivity contribution is 0.158. The van der Waals surface area contributed by atoms with Crippen molar-refractivity contribution in [2.24, 2.45) is 0 Å². The van der Waals surface area contributed by atoms with Gasteiger partial charge in [0.2, 0.25) is 0 Å². The van der Waals surface area contributed by atoms with Gasteiger partial charge in [0.15, 0.2) is 0 Å². The summed E-state index contributed by atoms with van der Waals surface area (Å²) in [5, 5.41) is 6.14. The van der Waals surface area contributed by atoms with Gasteiger partial charge in [-0.25, -0.2) is 0 Å². The Morgan fingerprint density at radius 3 is 2.96 bits per heavy atom. The van der Waals surface area contributed by atoms with E-state index in [1.54, 1.807) is 7.11 Å². The highest BCUT2D eigenvalue weighted by molar-refractivity contribution is 7.19. The Kier molecular flexibility index (Phi) is 5.36.